The maximum atomic E-state index is 5.60. The number of hydrogen-bond acceptors (Lipinski definition) is 4. The lowest BCUT2D eigenvalue weighted by Crippen LogP contribution is -2.48. The number of hydrogen-bond donors (Lipinski definition) is 2. The van der Waals surface area contributed by atoms with Crippen LogP contribution < -0.4 is 15.4 Å². The van der Waals surface area contributed by atoms with E-state index in [1.54, 1.807) is 7.11 Å². The first-order chi connectivity index (χ1) is 9.17. The molecule has 0 bridgehead atoms. The van der Waals surface area contributed by atoms with Crippen molar-refractivity contribution >= 4 is 0 Å². The van der Waals surface area contributed by atoms with Gasteiger partial charge < -0.3 is 20.1 Å². The fourth-order valence-electron chi connectivity index (χ4n) is 2.87. The number of rotatable bonds is 4. The number of nitrogens with one attached hydrogen (secondary N) is 2. The molecular weight excluding hydrogens is 240 g/mol. The topological polar surface area (TPSA) is 42.5 Å². The minimum atomic E-state index is 0.189. The van der Waals surface area contributed by atoms with Gasteiger partial charge in [0.2, 0.25) is 0 Å². The minimum absolute atomic E-state index is 0.189. The van der Waals surface area contributed by atoms with Crippen LogP contribution in [0.15, 0.2) is 12.1 Å². The van der Waals surface area contributed by atoms with Crippen molar-refractivity contribution in [1.82, 2.24) is 10.6 Å². The first kappa shape index (κ1) is 14.3. The quantitative estimate of drug-likeness (QED) is 0.866. The van der Waals surface area contributed by atoms with E-state index < -0.39 is 0 Å². The van der Waals surface area contributed by atoms with Crippen molar-refractivity contribution in [1.29, 1.82) is 0 Å². The fraction of sp³-hybridized carbons (Fsp3) is 0.600. The van der Waals surface area contributed by atoms with Crippen LogP contribution in [0.4, 0.5) is 0 Å². The first-order valence-corrected chi connectivity index (χ1v) is 6.81. The van der Waals surface area contributed by atoms with Gasteiger partial charge in [0.15, 0.2) is 0 Å². The fourth-order valence-corrected chi connectivity index (χ4v) is 2.87. The molecule has 0 saturated carbocycles. The number of ether oxygens (including phenoxy) is 2. The minimum Gasteiger partial charge on any atom is -0.496 e. The summed E-state index contributed by atoms with van der Waals surface area (Å²) in [5.41, 5.74) is 3.63. The van der Waals surface area contributed by atoms with Crippen LogP contribution in [-0.4, -0.2) is 40.0 Å². The van der Waals surface area contributed by atoms with Gasteiger partial charge in [-0.15, -0.1) is 0 Å². The smallest absolute Gasteiger partial charge is 0.126 e. The van der Waals surface area contributed by atoms with E-state index in [4.69, 9.17) is 9.47 Å². The molecule has 2 unspecified atom stereocenters. The summed E-state index contributed by atoms with van der Waals surface area (Å²) in [4.78, 5) is 0. The van der Waals surface area contributed by atoms with Gasteiger partial charge in [-0.2, -0.15) is 0 Å². The van der Waals surface area contributed by atoms with Crippen molar-refractivity contribution in [2.24, 2.45) is 0 Å². The van der Waals surface area contributed by atoms with Crippen molar-refractivity contribution < 1.29 is 9.47 Å². The van der Waals surface area contributed by atoms with Gasteiger partial charge in [-0.3, -0.25) is 0 Å². The molecule has 106 valence electrons. The maximum absolute atomic E-state index is 5.60. The van der Waals surface area contributed by atoms with Gasteiger partial charge in [0, 0.05) is 12.1 Å². The number of likely N-dealkylation sites (N-methyl/N-ethyl adjacent to an activating group) is 1. The SMILES string of the molecule is CNC(c1cc(C)cc(C)c1OC)C1COCCN1. The van der Waals surface area contributed by atoms with Crippen LogP contribution >= 0.6 is 0 Å². The Morgan fingerprint density at radius 3 is 2.79 bits per heavy atom. The van der Waals surface area contributed by atoms with Gasteiger partial charge in [-0.05, 0) is 26.5 Å². The Labute approximate surface area is 115 Å². The molecule has 1 aromatic carbocycles. The van der Waals surface area contributed by atoms with Crippen LogP contribution in [0.5, 0.6) is 5.75 Å². The molecule has 1 saturated heterocycles. The molecule has 0 aromatic heterocycles. The van der Waals surface area contributed by atoms with E-state index in [0.717, 1.165) is 25.5 Å². The molecule has 4 heteroatoms. The Morgan fingerprint density at radius 1 is 1.42 bits per heavy atom. The second kappa shape index (κ2) is 6.37. The molecule has 1 aliphatic rings. The number of benzene rings is 1. The van der Waals surface area contributed by atoms with Crippen molar-refractivity contribution in [2.75, 3.05) is 33.9 Å². The van der Waals surface area contributed by atoms with E-state index in [-0.39, 0.29) is 12.1 Å². The molecule has 2 rings (SSSR count). The zero-order valence-electron chi connectivity index (χ0n) is 12.2. The Bertz CT molecular complexity index is 428. The second-order valence-electron chi connectivity index (χ2n) is 5.11. The van der Waals surface area contributed by atoms with Crippen LogP contribution in [0.1, 0.15) is 22.7 Å². The van der Waals surface area contributed by atoms with Gasteiger partial charge in [0.05, 0.1) is 32.4 Å². The Balaban J connectivity index is 2.36. The molecule has 1 heterocycles. The maximum Gasteiger partial charge on any atom is 0.126 e. The monoisotopic (exact) mass is 264 g/mol. The number of morpholine rings is 1. The largest absolute Gasteiger partial charge is 0.496 e. The average Bonchev–Trinajstić information content (AvgIpc) is 2.40. The third kappa shape index (κ3) is 3.08. The van der Waals surface area contributed by atoms with Crippen LogP contribution in [-0.2, 0) is 4.74 Å². The number of methoxy groups -OCH3 is 1. The van der Waals surface area contributed by atoms with Gasteiger partial charge in [-0.25, -0.2) is 0 Å². The highest BCUT2D eigenvalue weighted by Gasteiger charge is 2.27. The predicted molar refractivity (Wildman–Crippen MR) is 76.9 cm³/mol. The Hall–Kier alpha value is -1.10. The molecule has 0 amide bonds. The van der Waals surface area contributed by atoms with Gasteiger partial charge in [-0.1, -0.05) is 17.7 Å². The second-order valence-corrected chi connectivity index (χ2v) is 5.11. The summed E-state index contributed by atoms with van der Waals surface area (Å²) in [6, 6.07) is 4.81. The van der Waals surface area contributed by atoms with Gasteiger partial charge >= 0.3 is 0 Å². The van der Waals surface area contributed by atoms with E-state index in [1.807, 2.05) is 7.05 Å². The van der Waals surface area contributed by atoms with Crippen LogP contribution in [0.25, 0.3) is 0 Å². The third-order valence-corrected chi connectivity index (χ3v) is 3.65. The Morgan fingerprint density at radius 2 is 2.21 bits per heavy atom. The molecule has 1 aromatic rings. The van der Waals surface area contributed by atoms with E-state index in [9.17, 15) is 0 Å². The van der Waals surface area contributed by atoms with Crippen molar-refractivity contribution in [3.8, 4) is 5.75 Å². The Kier molecular flexibility index (Phi) is 4.80. The van der Waals surface area contributed by atoms with Crippen molar-refractivity contribution in [3.05, 3.63) is 28.8 Å². The lowest BCUT2D eigenvalue weighted by Gasteiger charge is -2.32. The van der Waals surface area contributed by atoms with E-state index >= 15 is 0 Å². The third-order valence-electron chi connectivity index (χ3n) is 3.65. The molecule has 4 nitrogen and oxygen atoms in total. The highest BCUT2D eigenvalue weighted by molar-refractivity contribution is 5.46. The van der Waals surface area contributed by atoms with Gasteiger partial charge in [0.25, 0.3) is 0 Å². The predicted octanol–water partition coefficient (Wildman–Crippen LogP) is 1.56. The lowest BCUT2D eigenvalue weighted by atomic mass is 9.94. The van der Waals surface area contributed by atoms with E-state index in [1.165, 1.54) is 16.7 Å². The first-order valence-electron chi connectivity index (χ1n) is 6.81. The molecule has 2 atom stereocenters. The average molecular weight is 264 g/mol. The highest BCUT2D eigenvalue weighted by atomic mass is 16.5. The molecule has 0 radical (unpaired) electrons. The standard InChI is InChI=1S/C15H24N2O2/c1-10-7-11(2)15(18-4)12(8-10)14(16-3)13-9-19-6-5-17-13/h7-8,13-14,16-17H,5-6,9H2,1-4H3. The molecule has 0 spiro atoms. The lowest BCUT2D eigenvalue weighted by molar-refractivity contribution is 0.0642. The van der Waals surface area contributed by atoms with E-state index in [2.05, 4.69) is 36.6 Å². The number of aryl methyl sites for hydroxylation is 2. The van der Waals surface area contributed by atoms with Crippen LogP contribution in [0.3, 0.4) is 0 Å². The van der Waals surface area contributed by atoms with E-state index in [0.29, 0.717) is 0 Å². The van der Waals surface area contributed by atoms with Crippen LogP contribution in [0.2, 0.25) is 0 Å². The zero-order valence-corrected chi connectivity index (χ0v) is 12.2. The summed E-state index contributed by atoms with van der Waals surface area (Å²) in [6.45, 7) is 6.62. The summed E-state index contributed by atoms with van der Waals surface area (Å²) in [5, 5.41) is 6.91. The van der Waals surface area contributed by atoms with Crippen molar-refractivity contribution in [2.45, 2.75) is 25.9 Å². The molecule has 19 heavy (non-hydrogen) atoms. The summed E-state index contributed by atoms with van der Waals surface area (Å²) < 4.78 is 11.2. The molecule has 0 aliphatic carbocycles. The summed E-state index contributed by atoms with van der Waals surface area (Å²) in [6.07, 6.45) is 0. The molecule has 1 fully saturated rings. The summed E-state index contributed by atoms with van der Waals surface area (Å²) in [5.74, 6) is 0.970. The normalized spacial score (nSPS) is 21.2. The molecular formula is C15H24N2O2. The molecule has 1 aliphatic heterocycles. The van der Waals surface area contributed by atoms with Crippen molar-refractivity contribution in [3.63, 3.8) is 0 Å². The van der Waals surface area contributed by atoms with Crippen LogP contribution in [0, 0.1) is 13.8 Å². The summed E-state index contributed by atoms with van der Waals surface area (Å²) >= 11 is 0. The molecule has 2 N–H and O–H groups in total. The summed E-state index contributed by atoms with van der Waals surface area (Å²) in [7, 11) is 3.72. The van der Waals surface area contributed by atoms with Gasteiger partial charge in [0.1, 0.15) is 5.75 Å². The zero-order chi connectivity index (χ0) is 13.8. The highest BCUT2D eigenvalue weighted by Crippen LogP contribution is 2.32.